The molecule has 1 saturated heterocycles. The Balaban J connectivity index is 1.36. The van der Waals surface area contributed by atoms with Crippen molar-refractivity contribution in [1.82, 2.24) is 19.8 Å². The minimum Gasteiger partial charge on any atom is -0.351 e. The van der Waals surface area contributed by atoms with E-state index in [2.05, 4.69) is 44.5 Å². The lowest BCUT2D eigenvalue weighted by Crippen LogP contribution is -2.48. The van der Waals surface area contributed by atoms with Gasteiger partial charge in [-0.25, -0.2) is 9.97 Å². The summed E-state index contributed by atoms with van der Waals surface area (Å²) in [5, 5.41) is 3.41. The summed E-state index contributed by atoms with van der Waals surface area (Å²) < 4.78 is 0. The molecule has 2 aromatic rings. The first-order chi connectivity index (χ1) is 13.7. The van der Waals surface area contributed by atoms with Gasteiger partial charge in [0.1, 0.15) is 5.69 Å². The van der Waals surface area contributed by atoms with Crippen LogP contribution in [0, 0.1) is 6.92 Å². The molecule has 1 aromatic heterocycles. The third kappa shape index (κ3) is 4.68. The van der Waals surface area contributed by atoms with Crippen LogP contribution < -0.4 is 5.32 Å². The van der Waals surface area contributed by atoms with Crippen LogP contribution in [0.25, 0.3) is 0 Å². The van der Waals surface area contributed by atoms with Crippen LogP contribution in [0.15, 0.2) is 36.4 Å². The fraction of sp³-hybridized carbons (Fsp3) is 0.500. The number of nitrogens with zero attached hydrogens (tertiary/aromatic N) is 4. The number of aromatic nitrogens is 2. The Kier molecular flexibility index (Phi) is 5.86. The molecule has 1 aromatic carbocycles. The molecule has 4 rings (SSSR count). The van der Waals surface area contributed by atoms with E-state index in [1.54, 1.807) is 6.07 Å². The van der Waals surface area contributed by atoms with Crippen LogP contribution in [0.3, 0.4) is 0 Å². The number of amides is 1. The number of anilines is 1. The van der Waals surface area contributed by atoms with Crippen LogP contribution >= 0.6 is 0 Å². The van der Waals surface area contributed by atoms with Gasteiger partial charge in [0, 0.05) is 44.5 Å². The standard InChI is InChI=1S/C22H29N5O/c1-17-15-20(25-22(23-17)24-19-9-5-6-10-19)21(28)27-13-11-26(12-14-27)16-18-7-3-2-4-8-18/h2-4,7-8,15,19H,5-6,9-14,16H2,1H3,(H,23,24,25). The lowest BCUT2D eigenvalue weighted by atomic mass is 10.2. The second kappa shape index (κ2) is 8.69. The molecule has 0 spiro atoms. The number of rotatable bonds is 5. The van der Waals surface area contributed by atoms with Crippen molar-refractivity contribution in [2.75, 3.05) is 31.5 Å². The number of nitrogens with one attached hydrogen (secondary N) is 1. The van der Waals surface area contributed by atoms with Crippen molar-refractivity contribution in [3.63, 3.8) is 0 Å². The molecule has 0 unspecified atom stereocenters. The second-order valence-electron chi connectivity index (χ2n) is 7.90. The van der Waals surface area contributed by atoms with Gasteiger partial charge in [0.2, 0.25) is 5.95 Å². The maximum Gasteiger partial charge on any atom is 0.272 e. The highest BCUT2D eigenvalue weighted by molar-refractivity contribution is 5.92. The molecule has 2 heterocycles. The molecule has 1 aliphatic carbocycles. The monoisotopic (exact) mass is 379 g/mol. The van der Waals surface area contributed by atoms with Crippen molar-refractivity contribution in [2.45, 2.75) is 45.2 Å². The summed E-state index contributed by atoms with van der Waals surface area (Å²) in [6.45, 7) is 6.11. The van der Waals surface area contributed by atoms with Gasteiger partial charge in [-0.05, 0) is 31.4 Å². The van der Waals surface area contributed by atoms with Crippen LogP contribution in [0.1, 0.15) is 47.4 Å². The fourth-order valence-corrected chi connectivity index (χ4v) is 4.11. The van der Waals surface area contributed by atoms with Gasteiger partial charge in [-0.2, -0.15) is 0 Å². The average Bonchev–Trinajstić information content (AvgIpc) is 3.21. The van der Waals surface area contributed by atoms with Crippen LogP contribution in [0.5, 0.6) is 0 Å². The first-order valence-corrected chi connectivity index (χ1v) is 10.4. The molecule has 6 heteroatoms. The van der Waals surface area contributed by atoms with E-state index < -0.39 is 0 Å². The van der Waals surface area contributed by atoms with Crippen molar-refractivity contribution in [2.24, 2.45) is 0 Å². The molecule has 0 radical (unpaired) electrons. The number of hydrogen-bond donors (Lipinski definition) is 1. The lowest BCUT2D eigenvalue weighted by Gasteiger charge is -2.34. The Bertz CT molecular complexity index is 796. The molecule has 1 amide bonds. The van der Waals surface area contributed by atoms with E-state index in [-0.39, 0.29) is 5.91 Å². The minimum absolute atomic E-state index is 0.0133. The molecule has 148 valence electrons. The Morgan fingerprint density at radius 1 is 1.07 bits per heavy atom. The van der Waals surface area contributed by atoms with Crippen molar-refractivity contribution in [3.05, 3.63) is 53.3 Å². The molecular formula is C22H29N5O. The summed E-state index contributed by atoms with van der Waals surface area (Å²) in [4.78, 5) is 26.3. The van der Waals surface area contributed by atoms with E-state index in [0.717, 1.165) is 51.3 Å². The number of carbonyl (C=O) groups is 1. The molecule has 0 bridgehead atoms. The zero-order valence-electron chi connectivity index (χ0n) is 16.6. The van der Waals surface area contributed by atoms with Crippen molar-refractivity contribution in [3.8, 4) is 0 Å². The summed E-state index contributed by atoms with van der Waals surface area (Å²) in [6, 6.07) is 12.7. The van der Waals surface area contributed by atoms with E-state index in [1.807, 2.05) is 17.9 Å². The minimum atomic E-state index is 0.0133. The quantitative estimate of drug-likeness (QED) is 0.865. The normalized spacial score (nSPS) is 18.4. The van der Waals surface area contributed by atoms with Gasteiger partial charge in [0.25, 0.3) is 5.91 Å². The summed E-state index contributed by atoms with van der Waals surface area (Å²) in [5.41, 5.74) is 2.65. The SMILES string of the molecule is Cc1cc(C(=O)N2CCN(Cc3ccccc3)CC2)nc(NC2CCCC2)n1. The van der Waals surface area contributed by atoms with Crippen LogP contribution in [-0.4, -0.2) is 57.9 Å². The molecule has 2 fully saturated rings. The molecule has 1 aliphatic heterocycles. The topological polar surface area (TPSA) is 61.4 Å². The third-order valence-corrected chi connectivity index (χ3v) is 5.67. The molecule has 1 saturated carbocycles. The second-order valence-corrected chi connectivity index (χ2v) is 7.90. The van der Waals surface area contributed by atoms with Crippen LogP contribution in [0.4, 0.5) is 5.95 Å². The molecular weight excluding hydrogens is 350 g/mol. The Labute approximate surface area is 167 Å². The summed E-state index contributed by atoms with van der Waals surface area (Å²) in [5.74, 6) is 0.609. The molecule has 2 aliphatic rings. The number of piperazine rings is 1. The highest BCUT2D eigenvalue weighted by Crippen LogP contribution is 2.21. The summed E-state index contributed by atoms with van der Waals surface area (Å²) in [6.07, 6.45) is 4.82. The predicted octanol–water partition coefficient (Wildman–Crippen LogP) is 3.10. The van der Waals surface area contributed by atoms with Gasteiger partial charge in [-0.15, -0.1) is 0 Å². The van der Waals surface area contributed by atoms with E-state index in [9.17, 15) is 4.79 Å². The molecule has 1 N–H and O–H groups in total. The lowest BCUT2D eigenvalue weighted by molar-refractivity contribution is 0.0622. The van der Waals surface area contributed by atoms with Gasteiger partial charge in [0.15, 0.2) is 0 Å². The molecule has 6 nitrogen and oxygen atoms in total. The zero-order chi connectivity index (χ0) is 19.3. The Morgan fingerprint density at radius 3 is 2.50 bits per heavy atom. The Hall–Kier alpha value is -2.47. The van der Waals surface area contributed by atoms with Crippen molar-refractivity contribution < 1.29 is 4.79 Å². The third-order valence-electron chi connectivity index (χ3n) is 5.67. The predicted molar refractivity (Wildman–Crippen MR) is 110 cm³/mol. The largest absolute Gasteiger partial charge is 0.351 e. The molecule has 28 heavy (non-hydrogen) atoms. The van der Waals surface area contributed by atoms with Crippen LogP contribution in [0.2, 0.25) is 0 Å². The average molecular weight is 380 g/mol. The van der Waals surface area contributed by atoms with E-state index in [4.69, 9.17) is 0 Å². The molecule has 0 atom stereocenters. The van der Waals surface area contributed by atoms with Gasteiger partial charge in [-0.3, -0.25) is 9.69 Å². The van der Waals surface area contributed by atoms with Gasteiger partial charge >= 0.3 is 0 Å². The maximum absolute atomic E-state index is 13.0. The van der Waals surface area contributed by atoms with E-state index in [0.29, 0.717) is 17.7 Å². The fourth-order valence-electron chi connectivity index (χ4n) is 4.11. The number of hydrogen-bond acceptors (Lipinski definition) is 5. The smallest absolute Gasteiger partial charge is 0.272 e. The number of benzene rings is 1. The van der Waals surface area contributed by atoms with Gasteiger partial charge in [-0.1, -0.05) is 43.2 Å². The highest BCUT2D eigenvalue weighted by atomic mass is 16.2. The number of aryl methyl sites for hydroxylation is 1. The first kappa shape index (κ1) is 18.9. The number of carbonyl (C=O) groups excluding carboxylic acids is 1. The zero-order valence-corrected chi connectivity index (χ0v) is 16.6. The van der Waals surface area contributed by atoms with Gasteiger partial charge < -0.3 is 10.2 Å². The van der Waals surface area contributed by atoms with Gasteiger partial charge in [0.05, 0.1) is 0 Å². The van der Waals surface area contributed by atoms with Crippen molar-refractivity contribution >= 4 is 11.9 Å². The first-order valence-electron chi connectivity index (χ1n) is 10.4. The summed E-state index contributed by atoms with van der Waals surface area (Å²) >= 11 is 0. The van der Waals surface area contributed by atoms with Crippen molar-refractivity contribution in [1.29, 1.82) is 0 Å². The van der Waals surface area contributed by atoms with E-state index in [1.165, 1.54) is 18.4 Å². The summed E-state index contributed by atoms with van der Waals surface area (Å²) in [7, 11) is 0. The Morgan fingerprint density at radius 2 is 1.79 bits per heavy atom. The maximum atomic E-state index is 13.0. The van der Waals surface area contributed by atoms with E-state index >= 15 is 0 Å². The highest BCUT2D eigenvalue weighted by Gasteiger charge is 2.24. The van der Waals surface area contributed by atoms with Crippen LogP contribution in [-0.2, 0) is 6.54 Å².